The number of hydrogen-bond acceptors (Lipinski definition) is 6. The number of fused-ring (bicyclic) bond motifs is 1. The molecule has 0 saturated carbocycles. The third-order valence-corrected chi connectivity index (χ3v) is 6.71. The number of hydrogen-bond donors (Lipinski definition) is 0. The highest BCUT2D eigenvalue weighted by molar-refractivity contribution is 5.89. The van der Waals surface area contributed by atoms with Gasteiger partial charge in [0.2, 0.25) is 5.52 Å². The van der Waals surface area contributed by atoms with Gasteiger partial charge in [-0.25, -0.2) is 0 Å². The van der Waals surface area contributed by atoms with Gasteiger partial charge in [-0.2, -0.15) is 0 Å². The molecule has 0 N–H and O–H groups in total. The van der Waals surface area contributed by atoms with E-state index in [9.17, 15) is 4.79 Å². The van der Waals surface area contributed by atoms with Crippen LogP contribution in [0.25, 0.3) is 15.9 Å². The normalized spacial score (nSPS) is 20.7. The standard InChI is InChI=1S/C25H32N6O2/c1-15-14-31(20-12-23(32)29(8)19-9-10-22(26-7)27-24(19)20)16(2)13-30(15)17(3)18-11-21(33-28-18)25(4,5)6/h9-12,15-17H,13-14H2,1-6,8H3/t15-,16+,17?/m1/s1. The summed E-state index contributed by atoms with van der Waals surface area (Å²) in [4.78, 5) is 25.4. The number of nitrogens with zero attached hydrogens (tertiary/aromatic N) is 6. The second-order valence-corrected chi connectivity index (χ2v) is 10.2. The zero-order chi connectivity index (χ0) is 24.1. The fourth-order valence-corrected chi connectivity index (χ4v) is 4.62. The van der Waals surface area contributed by atoms with Crippen molar-refractivity contribution >= 4 is 22.5 Å². The average Bonchev–Trinajstić information content (AvgIpc) is 3.28. The molecular weight excluding hydrogens is 416 g/mol. The van der Waals surface area contributed by atoms with Crippen LogP contribution >= 0.6 is 0 Å². The molecule has 174 valence electrons. The second-order valence-electron chi connectivity index (χ2n) is 10.2. The smallest absolute Gasteiger partial charge is 0.270 e. The topological polar surface area (TPSA) is 71.8 Å². The molecule has 1 unspecified atom stereocenters. The first-order valence-corrected chi connectivity index (χ1v) is 11.4. The highest BCUT2D eigenvalue weighted by Gasteiger charge is 2.35. The minimum atomic E-state index is -0.0830. The van der Waals surface area contributed by atoms with E-state index in [1.165, 1.54) is 0 Å². The molecule has 3 aromatic heterocycles. The van der Waals surface area contributed by atoms with E-state index >= 15 is 0 Å². The molecule has 1 aliphatic heterocycles. The van der Waals surface area contributed by atoms with Gasteiger partial charge in [0.05, 0.1) is 17.2 Å². The first-order valence-electron chi connectivity index (χ1n) is 11.4. The third kappa shape index (κ3) is 4.13. The summed E-state index contributed by atoms with van der Waals surface area (Å²) in [6, 6.07) is 7.66. The summed E-state index contributed by atoms with van der Waals surface area (Å²) >= 11 is 0. The van der Waals surface area contributed by atoms with Gasteiger partial charge >= 0.3 is 0 Å². The molecule has 0 spiro atoms. The largest absolute Gasteiger partial charge is 0.362 e. The minimum Gasteiger partial charge on any atom is -0.362 e. The lowest BCUT2D eigenvalue weighted by Gasteiger charge is -2.47. The van der Waals surface area contributed by atoms with Crippen molar-refractivity contribution in [1.82, 2.24) is 19.6 Å². The van der Waals surface area contributed by atoms with Crippen LogP contribution in [0.1, 0.15) is 59.0 Å². The molecule has 3 atom stereocenters. The molecule has 4 rings (SSSR count). The molecule has 8 heteroatoms. The van der Waals surface area contributed by atoms with Gasteiger partial charge in [-0.3, -0.25) is 9.69 Å². The highest BCUT2D eigenvalue weighted by Crippen LogP contribution is 2.34. The maximum Gasteiger partial charge on any atom is 0.270 e. The van der Waals surface area contributed by atoms with Crippen molar-refractivity contribution < 1.29 is 4.52 Å². The van der Waals surface area contributed by atoms with Gasteiger partial charge in [0.1, 0.15) is 11.5 Å². The summed E-state index contributed by atoms with van der Waals surface area (Å²) in [5, 5.41) is 4.36. The maximum atomic E-state index is 12.7. The Balaban J connectivity index is 1.66. The molecule has 1 fully saturated rings. The highest BCUT2D eigenvalue weighted by atomic mass is 16.5. The number of anilines is 1. The lowest BCUT2D eigenvalue weighted by atomic mass is 9.92. The molecule has 0 amide bonds. The SMILES string of the molecule is [C-]#[N+]c1ccc2c(n1)c(N1C[C@@H](C)N(C(C)c3cc(C(C)(C)C)on3)C[C@@H]1C)cc(=O)n2C. The molecular formula is C25H32N6O2. The van der Waals surface area contributed by atoms with Crippen molar-refractivity contribution in [2.24, 2.45) is 7.05 Å². The van der Waals surface area contributed by atoms with Crippen LogP contribution in [0.5, 0.6) is 0 Å². The van der Waals surface area contributed by atoms with Gasteiger partial charge in [-0.05, 0) is 32.9 Å². The molecule has 8 nitrogen and oxygen atoms in total. The van der Waals surface area contributed by atoms with Crippen molar-refractivity contribution in [3.05, 3.63) is 57.5 Å². The van der Waals surface area contributed by atoms with Crippen LogP contribution in [0.2, 0.25) is 0 Å². The van der Waals surface area contributed by atoms with E-state index in [2.05, 4.69) is 72.4 Å². The van der Waals surface area contributed by atoms with Gasteiger partial charge in [0.25, 0.3) is 11.4 Å². The third-order valence-electron chi connectivity index (χ3n) is 6.71. The van der Waals surface area contributed by atoms with Crippen LogP contribution in [0.3, 0.4) is 0 Å². The molecule has 33 heavy (non-hydrogen) atoms. The summed E-state index contributed by atoms with van der Waals surface area (Å²) in [6.45, 7) is 21.8. The van der Waals surface area contributed by atoms with E-state index in [-0.39, 0.29) is 29.1 Å². The lowest BCUT2D eigenvalue weighted by molar-refractivity contribution is 0.115. The lowest BCUT2D eigenvalue weighted by Crippen LogP contribution is -2.57. The summed E-state index contributed by atoms with van der Waals surface area (Å²) in [5.41, 5.74) is 3.00. The number of rotatable bonds is 3. The summed E-state index contributed by atoms with van der Waals surface area (Å²) in [7, 11) is 1.74. The van der Waals surface area contributed by atoms with E-state index in [1.54, 1.807) is 23.7 Å². The fourth-order valence-electron chi connectivity index (χ4n) is 4.62. The predicted molar refractivity (Wildman–Crippen MR) is 130 cm³/mol. The Bertz CT molecular complexity index is 1280. The van der Waals surface area contributed by atoms with Crippen LogP contribution in [-0.4, -0.2) is 44.8 Å². The van der Waals surface area contributed by atoms with E-state index in [0.29, 0.717) is 11.3 Å². The Morgan fingerprint density at radius 2 is 1.91 bits per heavy atom. The molecule has 0 aromatic carbocycles. The molecule has 0 aliphatic carbocycles. The average molecular weight is 449 g/mol. The van der Waals surface area contributed by atoms with Gasteiger partial charge in [0, 0.05) is 49.8 Å². The molecule has 1 saturated heterocycles. The summed E-state index contributed by atoms with van der Waals surface area (Å²) in [6.07, 6.45) is 0. The monoisotopic (exact) mass is 448 g/mol. The van der Waals surface area contributed by atoms with E-state index in [1.807, 2.05) is 6.07 Å². The fraction of sp³-hybridized carbons (Fsp3) is 0.520. The molecule has 0 radical (unpaired) electrons. The number of aryl methyl sites for hydroxylation is 1. The minimum absolute atomic E-state index is 0.0807. The van der Waals surface area contributed by atoms with Crippen LogP contribution in [0.4, 0.5) is 11.5 Å². The summed E-state index contributed by atoms with van der Waals surface area (Å²) in [5.74, 6) is 1.22. The van der Waals surface area contributed by atoms with Crippen molar-refractivity contribution in [1.29, 1.82) is 0 Å². The van der Waals surface area contributed by atoms with Gasteiger partial charge in [-0.15, -0.1) is 4.98 Å². The van der Waals surface area contributed by atoms with E-state index in [4.69, 9.17) is 11.1 Å². The quantitative estimate of drug-likeness (QED) is 0.552. The van der Waals surface area contributed by atoms with Crippen molar-refractivity contribution in [2.75, 3.05) is 18.0 Å². The Morgan fingerprint density at radius 1 is 1.18 bits per heavy atom. The Labute approximate surface area is 194 Å². The van der Waals surface area contributed by atoms with Crippen molar-refractivity contribution in [2.45, 2.75) is 65.1 Å². The number of aromatic nitrogens is 3. The Hall–Kier alpha value is -3.18. The van der Waals surface area contributed by atoms with Crippen molar-refractivity contribution in [3.8, 4) is 0 Å². The van der Waals surface area contributed by atoms with Gasteiger partial charge < -0.3 is 18.8 Å². The molecule has 4 heterocycles. The Morgan fingerprint density at radius 3 is 2.55 bits per heavy atom. The first kappa shape index (κ1) is 23.0. The van der Waals surface area contributed by atoms with Gasteiger partial charge in [-0.1, -0.05) is 32.5 Å². The zero-order valence-electron chi connectivity index (χ0n) is 20.5. The maximum absolute atomic E-state index is 12.7. The van der Waals surface area contributed by atoms with E-state index < -0.39 is 0 Å². The summed E-state index contributed by atoms with van der Waals surface area (Å²) < 4.78 is 7.22. The molecule has 3 aromatic rings. The number of piperazine rings is 1. The second kappa shape index (κ2) is 8.31. The Kier molecular flexibility index (Phi) is 5.79. The predicted octanol–water partition coefficient (Wildman–Crippen LogP) is 4.43. The zero-order valence-corrected chi connectivity index (χ0v) is 20.5. The molecule has 1 aliphatic rings. The van der Waals surface area contributed by atoms with Crippen LogP contribution in [0.15, 0.2) is 33.6 Å². The first-order chi connectivity index (χ1) is 15.5. The van der Waals surface area contributed by atoms with E-state index in [0.717, 1.165) is 35.7 Å². The number of pyridine rings is 2. The van der Waals surface area contributed by atoms with Crippen LogP contribution < -0.4 is 10.5 Å². The van der Waals surface area contributed by atoms with Crippen LogP contribution in [-0.2, 0) is 12.5 Å². The van der Waals surface area contributed by atoms with Crippen molar-refractivity contribution in [3.63, 3.8) is 0 Å². The molecule has 0 bridgehead atoms. The van der Waals surface area contributed by atoms with Crippen LogP contribution in [0, 0.1) is 6.57 Å². The van der Waals surface area contributed by atoms with Gasteiger partial charge in [0.15, 0.2) is 0 Å².